The van der Waals surface area contributed by atoms with E-state index in [0.29, 0.717) is 0 Å². The highest BCUT2D eigenvalue weighted by atomic mass is 14.2. The van der Waals surface area contributed by atoms with Crippen molar-refractivity contribution in [1.82, 2.24) is 0 Å². The Labute approximate surface area is 122 Å². The molecule has 2 aromatic carbocycles. The first kappa shape index (κ1) is 14.6. The van der Waals surface area contributed by atoms with Gasteiger partial charge in [0.2, 0.25) is 0 Å². The summed E-state index contributed by atoms with van der Waals surface area (Å²) < 4.78 is 0. The van der Waals surface area contributed by atoms with Crippen LogP contribution in [0.5, 0.6) is 0 Å². The molecule has 0 nitrogen and oxygen atoms in total. The molecule has 0 amide bonds. The van der Waals surface area contributed by atoms with Crippen LogP contribution in [-0.2, 0) is 12.8 Å². The van der Waals surface area contributed by atoms with Crippen molar-refractivity contribution in [3.8, 4) is 0 Å². The van der Waals surface area contributed by atoms with Crippen LogP contribution < -0.4 is 0 Å². The monoisotopic (exact) mass is 264 g/mol. The predicted octanol–water partition coefficient (Wildman–Crippen LogP) is 6.03. The fourth-order valence-corrected chi connectivity index (χ4v) is 3.09. The van der Waals surface area contributed by atoms with Crippen molar-refractivity contribution in [1.29, 1.82) is 0 Å². The zero-order chi connectivity index (χ0) is 14.9. The Hall–Kier alpha value is -1.82. The number of hydrogen-bond donors (Lipinski definition) is 0. The third-order valence-corrected chi connectivity index (χ3v) is 4.05. The van der Waals surface area contributed by atoms with Crippen molar-refractivity contribution in [2.75, 3.05) is 0 Å². The Morgan fingerprint density at radius 1 is 0.750 bits per heavy atom. The summed E-state index contributed by atoms with van der Waals surface area (Å²) in [6.45, 7) is 16.8. The fourth-order valence-electron chi connectivity index (χ4n) is 3.09. The third kappa shape index (κ3) is 2.31. The molecule has 2 rings (SSSR count). The number of fused-ring (bicyclic) bond motifs is 1. The first-order chi connectivity index (χ1) is 9.51. The van der Waals surface area contributed by atoms with Gasteiger partial charge in [-0.05, 0) is 59.7 Å². The molecule has 0 fully saturated rings. The Bertz CT molecular complexity index is 625. The second-order valence-electron chi connectivity index (χ2n) is 5.55. The van der Waals surface area contributed by atoms with Crippen molar-refractivity contribution >= 4 is 21.9 Å². The zero-order valence-corrected chi connectivity index (χ0v) is 13.1. The topological polar surface area (TPSA) is 0 Å². The lowest BCUT2D eigenvalue weighted by Crippen LogP contribution is -1.97. The second kappa shape index (κ2) is 5.66. The van der Waals surface area contributed by atoms with Gasteiger partial charge in [-0.3, -0.25) is 0 Å². The minimum Gasteiger partial charge on any atom is -0.0955 e. The first-order valence-corrected chi connectivity index (χ1v) is 7.40. The van der Waals surface area contributed by atoms with E-state index in [-0.39, 0.29) is 0 Å². The van der Waals surface area contributed by atoms with E-state index < -0.39 is 0 Å². The predicted molar refractivity (Wildman–Crippen MR) is 92.1 cm³/mol. The van der Waals surface area contributed by atoms with Gasteiger partial charge in [0.25, 0.3) is 0 Å². The quantitative estimate of drug-likeness (QED) is 0.632. The summed E-state index contributed by atoms with van der Waals surface area (Å²) in [5, 5.41) is 2.74. The van der Waals surface area contributed by atoms with E-state index in [2.05, 4.69) is 65.1 Å². The average Bonchev–Trinajstić information content (AvgIpc) is 2.43. The lowest BCUT2D eigenvalue weighted by Gasteiger charge is -2.17. The van der Waals surface area contributed by atoms with Gasteiger partial charge in [0.05, 0.1) is 0 Å². The van der Waals surface area contributed by atoms with Crippen LogP contribution in [0.15, 0.2) is 37.4 Å². The van der Waals surface area contributed by atoms with Crippen molar-refractivity contribution in [3.63, 3.8) is 0 Å². The molecule has 2 aromatic rings. The van der Waals surface area contributed by atoms with E-state index in [1.54, 1.807) is 0 Å². The largest absolute Gasteiger partial charge is 0.0955 e. The molecule has 20 heavy (non-hydrogen) atoms. The van der Waals surface area contributed by atoms with E-state index >= 15 is 0 Å². The lowest BCUT2D eigenvalue weighted by molar-refractivity contribution is 1.13. The zero-order valence-electron chi connectivity index (χ0n) is 13.1. The summed E-state index contributed by atoms with van der Waals surface area (Å²) in [4.78, 5) is 0. The van der Waals surface area contributed by atoms with E-state index in [1.165, 1.54) is 33.0 Å². The highest BCUT2D eigenvalue weighted by Crippen LogP contribution is 2.32. The molecule has 0 aliphatic rings. The minimum atomic E-state index is 1.04. The molecule has 0 spiro atoms. The number of allylic oxidation sites excluding steroid dienone is 2. The van der Waals surface area contributed by atoms with Gasteiger partial charge in [-0.15, -0.1) is 0 Å². The Balaban J connectivity index is 2.88. The molecule has 0 saturated heterocycles. The summed E-state index contributed by atoms with van der Waals surface area (Å²) in [5.41, 5.74) is 7.71. The molecular weight excluding hydrogens is 240 g/mol. The molecule has 0 bridgehead atoms. The standard InChI is InChI=1S/C20H24/c1-7-15-17(13(3)4)9-12-20-16(8-2)18(14(5)6)10-11-19(15)20/h9-12H,3,5,7-8H2,1-2,4,6H3. The van der Waals surface area contributed by atoms with Crippen LogP contribution in [-0.4, -0.2) is 0 Å². The van der Waals surface area contributed by atoms with Crippen molar-refractivity contribution in [2.24, 2.45) is 0 Å². The molecular formula is C20H24. The summed E-state index contributed by atoms with van der Waals surface area (Å²) in [7, 11) is 0. The summed E-state index contributed by atoms with van der Waals surface area (Å²) in [5.74, 6) is 0. The normalized spacial score (nSPS) is 10.8. The molecule has 0 heteroatoms. The molecule has 0 radical (unpaired) electrons. The van der Waals surface area contributed by atoms with Crippen molar-refractivity contribution in [3.05, 3.63) is 59.7 Å². The fraction of sp³-hybridized carbons (Fsp3) is 0.300. The summed E-state index contributed by atoms with van der Waals surface area (Å²) in [6.07, 6.45) is 2.07. The SMILES string of the molecule is C=C(C)c1ccc2c(CC)c(C(=C)C)ccc2c1CC. The van der Waals surface area contributed by atoms with Gasteiger partial charge in [-0.2, -0.15) is 0 Å². The van der Waals surface area contributed by atoms with Gasteiger partial charge in [0, 0.05) is 0 Å². The van der Waals surface area contributed by atoms with E-state index in [1.807, 2.05) is 0 Å². The van der Waals surface area contributed by atoms with Crippen LogP contribution >= 0.6 is 0 Å². The van der Waals surface area contributed by atoms with Crippen LogP contribution in [0.4, 0.5) is 0 Å². The smallest absolute Gasteiger partial charge is 0.0143 e. The highest BCUT2D eigenvalue weighted by Gasteiger charge is 2.12. The average molecular weight is 264 g/mol. The molecule has 0 aromatic heterocycles. The molecule has 0 aliphatic carbocycles. The molecule has 0 unspecified atom stereocenters. The summed E-state index contributed by atoms with van der Waals surface area (Å²) >= 11 is 0. The van der Waals surface area contributed by atoms with Crippen LogP contribution in [0.25, 0.3) is 21.9 Å². The van der Waals surface area contributed by atoms with Gasteiger partial charge in [-0.25, -0.2) is 0 Å². The Kier molecular flexibility index (Phi) is 4.13. The second-order valence-corrected chi connectivity index (χ2v) is 5.55. The molecule has 0 saturated carbocycles. The molecule has 0 heterocycles. The van der Waals surface area contributed by atoms with Crippen LogP contribution in [0.1, 0.15) is 49.9 Å². The van der Waals surface area contributed by atoms with Crippen LogP contribution in [0, 0.1) is 0 Å². The van der Waals surface area contributed by atoms with Gasteiger partial charge in [0.15, 0.2) is 0 Å². The minimum absolute atomic E-state index is 1.04. The van der Waals surface area contributed by atoms with Gasteiger partial charge < -0.3 is 0 Å². The third-order valence-electron chi connectivity index (χ3n) is 4.05. The lowest BCUT2D eigenvalue weighted by atomic mass is 9.88. The Morgan fingerprint density at radius 2 is 1.10 bits per heavy atom. The Morgan fingerprint density at radius 3 is 1.35 bits per heavy atom. The van der Waals surface area contributed by atoms with Crippen molar-refractivity contribution < 1.29 is 0 Å². The molecule has 104 valence electrons. The van der Waals surface area contributed by atoms with Gasteiger partial charge in [0.1, 0.15) is 0 Å². The van der Waals surface area contributed by atoms with Crippen molar-refractivity contribution in [2.45, 2.75) is 40.5 Å². The van der Waals surface area contributed by atoms with Crippen LogP contribution in [0.3, 0.4) is 0 Å². The number of rotatable bonds is 4. The highest BCUT2D eigenvalue weighted by molar-refractivity contribution is 5.95. The maximum Gasteiger partial charge on any atom is -0.0143 e. The molecule has 0 atom stereocenters. The summed E-state index contributed by atoms with van der Waals surface area (Å²) in [6, 6.07) is 8.96. The number of hydrogen-bond acceptors (Lipinski definition) is 0. The molecule has 0 N–H and O–H groups in total. The number of aryl methyl sites for hydroxylation is 2. The first-order valence-electron chi connectivity index (χ1n) is 7.40. The molecule has 0 aliphatic heterocycles. The van der Waals surface area contributed by atoms with E-state index in [4.69, 9.17) is 0 Å². The van der Waals surface area contributed by atoms with Crippen LogP contribution in [0.2, 0.25) is 0 Å². The van der Waals surface area contributed by atoms with Gasteiger partial charge in [-0.1, -0.05) is 62.4 Å². The van der Waals surface area contributed by atoms with E-state index in [0.717, 1.165) is 24.0 Å². The maximum absolute atomic E-state index is 4.12. The van der Waals surface area contributed by atoms with Gasteiger partial charge >= 0.3 is 0 Å². The number of benzene rings is 2. The maximum atomic E-state index is 4.12. The van der Waals surface area contributed by atoms with E-state index in [9.17, 15) is 0 Å².